The Morgan fingerprint density at radius 1 is 1.03 bits per heavy atom. The lowest BCUT2D eigenvalue weighted by Crippen LogP contribution is -2.54. The highest BCUT2D eigenvalue weighted by molar-refractivity contribution is 5.90. The molecule has 0 aliphatic rings. The Morgan fingerprint density at radius 3 is 2.25 bits per heavy atom. The van der Waals surface area contributed by atoms with E-state index in [9.17, 15) is 14.4 Å². The maximum absolute atomic E-state index is 13.0. The minimum Gasteiger partial charge on any atom is -0.497 e. The van der Waals surface area contributed by atoms with Crippen molar-refractivity contribution in [2.45, 2.75) is 51.3 Å². The van der Waals surface area contributed by atoms with E-state index in [0.717, 1.165) is 5.56 Å². The molecule has 0 radical (unpaired) electrons. The zero-order valence-corrected chi connectivity index (χ0v) is 18.9. The van der Waals surface area contributed by atoms with Crippen molar-refractivity contribution in [3.8, 4) is 5.75 Å². The topological polar surface area (TPSA) is 132 Å². The minimum absolute atomic E-state index is 0.126. The zero-order valence-electron chi connectivity index (χ0n) is 18.9. The van der Waals surface area contributed by atoms with E-state index in [4.69, 9.17) is 14.2 Å². The maximum Gasteiger partial charge on any atom is 0.408 e. The van der Waals surface area contributed by atoms with Crippen molar-refractivity contribution in [2.24, 2.45) is 0 Å². The highest BCUT2D eigenvalue weighted by Crippen LogP contribution is 2.14. The largest absolute Gasteiger partial charge is 0.497 e. The van der Waals surface area contributed by atoms with Gasteiger partial charge in [-0.1, -0.05) is 12.1 Å². The molecule has 0 spiro atoms. The number of rotatable bonds is 9. The molecule has 1 aromatic heterocycles. The third-order valence-corrected chi connectivity index (χ3v) is 4.39. The van der Waals surface area contributed by atoms with Crippen LogP contribution in [-0.2, 0) is 31.9 Å². The van der Waals surface area contributed by atoms with Crippen molar-refractivity contribution >= 4 is 18.0 Å². The van der Waals surface area contributed by atoms with Crippen LogP contribution in [-0.4, -0.2) is 59.8 Å². The highest BCUT2D eigenvalue weighted by atomic mass is 16.6. The first-order valence-electron chi connectivity index (χ1n) is 10.1. The monoisotopic (exact) mass is 446 g/mol. The first-order valence-corrected chi connectivity index (χ1v) is 10.1. The number of carbonyl (C=O) groups is 3. The van der Waals surface area contributed by atoms with Crippen LogP contribution >= 0.6 is 0 Å². The second-order valence-electron chi connectivity index (χ2n) is 8.12. The normalized spacial score (nSPS) is 12.9. The summed E-state index contributed by atoms with van der Waals surface area (Å²) in [6, 6.07) is 5.15. The number of hydrogen-bond acceptors (Lipinski definition) is 7. The van der Waals surface area contributed by atoms with Crippen LogP contribution in [0.3, 0.4) is 0 Å². The fraction of sp³-hybridized carbons (Fsp3) is 0.455. The zero-order chi connectivity index (χ0) is 23.7. The number of benzene rings is 1. The number of carbonyl (C=O) groups excluding carboxylic acids is 3. The molecule has 0 bridgehead atoms. The molecule has 0 fully saturated rings. The van der Waals surface area contributed by atoms with Gasteiger partial charge in [0.2, 0.25) is 5.91 Å². The molecular formula is C22H30N4O6. The number of imidazole rings is 1. The molecule has 0 aliphatic carbocycles. The van der Waals surface area contributed by atoms with Crippen LogP contribution in [0.15, 0.2) is 36.8 Å². The molecule has 0 aliphatic heterocycles. The SMILES string of the molecule is COC(=O)C(Cc1ccc(OC)cc1)NC(=O)C(Cc1cnc[nH]1)NC(=O)OC(C)(C)C. The molecule has 2 aromatic rings. The molecule has 0 saturated carbocycles. The van der Waals surface area contributed by atoms with Crippen LogP contribution in [0.5, 0.6) is 5.75 Å². The molecule has 32 heavy (non-hydrogen) atoms. The maximum atomic E-state index is 13.0. The Balaban J connectivity index is 2.15. The number of aromatic amines is 1. The van der Waals surface area contributed by atoms with Gasteiger partial charge in [-0.05, 0) is 38.5 Å². The summed E-state index contributed by atoms with van der Waals surface area (Å²) < 4.78 is 15.3. The lowest BCUT2D eigenvalue weighted by atomic mass is 10.0. The molecular weight excluding hydrogens is 416 g/mol. The number of methoxy groups -OCH3 is 2. The van der Waals surface area contributed by atoms with E-state index in [1.807, 2.05) is 0 Å². The van der Waals surface area contributed by atoms with E-state index < -0.39 is 35.7 Å². The summed E-state index contributed by atoms with van der Waals surface area (Å²) >= 11 is 0. The summed E-state index contributed by atoms with van der Waals surface area (Å²) in [5, 5.41) is 5.24. The molecule has 10 heteroatoms. The number of esters is 1. The number of amides is 2. The van der Waals surface area contributed by atoms with E-state index >= 15 is 0 Å². The van der Waals surface area contributed by atoms with E-state index in [1.165, 1.54) is 13.4 Å². The molecule has 2 rings (SSSR count). The lowest BCUT2D eigenvalue weighted by Gasteiger charge is -2.24. The van der Waals surface area contributed by atoms with Gasteiger partial charge in [0.05, 0.1) is 20.5 Å². The summed E-state index contributed by atoms with van der Waals surface area (Å²) in [7, 11) is 2.81. The first kappa shape index (κ1) is 24.7. The Hall–Kier alpha value is -3.56. The quantitative estimate of drug-likeness (QED) is 0.500. The van der Waals surface area contributed by atoms with E-state index in [1.54, 1.807) is 58.3 Å². The fourth-order valence-corrected chi connectivity index (χ4v) is 2.88. The van der Waals surface area contributed by atoms with Crippen molar-refractivity contribution in [3.05, 3.63) is 48.0 Å². The molecule has 174 valence electrons. The third kappa shape index (κ3) is 7.93. The first-order chi connectivity index (χ1) is 15.1. The summed E-state index contributed by atoms with van der Waals surface area (Å²) in [4.78, 5) is 44.5. The second kappa shape index (κ2) is 11.2. The van der Waals surface area contributed by atoms with Gasteiger partial charge in [0.25, 0.3) is 0 Å². The standard InChI is InChI=1S/C22H30N4O6/c1-22(2,3)32-21(29)26-17(11-15-12-23-13-24-15)19(27)25-18(20(28)31-5)10-14-6-8-16(30-4)9-7-14/h6-9,12-13,17-18H,10-11H2,1-5H3,(H,23,24)(H,25,27)(H,26,29). The van der Waals surface area contributed by atoms with Crippen LogP contribution in [0, 0.1) is 0 Å². The summed E-state index contributed by atoms with van der Waals surface area (Å²) in [6.45, 7) is 5.16. The Kier molecular flexibility index (Phi) is 8.62. The number of alkyl carbamates (subject to hydrolysis) is 1. The molecule has 1 heterocycles. The lowest BCUT2D eigenvalue weighted by molar-refractivity contribution is -0.145. The minimum atomic E-state index is -1.01. The van der Waals surface area contributed by atoms with Gasteiger partial charge in [0.1, 0.15) is 23.4 Å². The van der Waals surface area contributed by atoms with Gasteiger partial charge < -0.3 is 29.8 Å². The number of nitrogens with zero attached hydrogens (tertiary/aromatic N) is 1. The van der Waals surface area contributed by atoms with Crippen molar-refractivity contribution in [1.82, 2.24) is 20.6 Å². The van der Waals surface area contributed by atoms with Crippen LogP contribution < -0.4 is 15.4 Å². The Labute approximate surface area is 187 Å². The van der Waals surface area contributed by atoms with Gasteiger partial charge >= 0.3 is 12.1 Å². The van der Waals surface area contributed by atoms with Crippen molar-refractivity contribution in [3.63, 3.8) is 0 Å². The smallest absolute Gasteiger partial charge is 0.408 e. The van der Waals surface area contributed by atoms with Crippen molar-refractivity contribution in [2.75, 3.05) is 14.2 Å². The van der Waals surface area contributed by atoms with Crippen LogP contribution in [0.2, 0.25) is 0 Å². The number of aromatic nitrogens is 2. The molecule has 2 amide bonds. The van der Waals surface area contributed by atoms with E-state index in [-0.39, 0.29) is 12.8 Å². The van der Waals surface area contributed by atoms with Gasteiger partial charge in [0, 0.05) is 24.7 Å². The molecule has 2 unspecified atom stereocenters. The second-order valence-corrected chi connectivity index (χ2v) is 8.12. The van der Waals surface area contributed by atoms with E-state index in [0.29, 0.717) is 11.4 Å². The van der Waals surface area contributed by atoms with Gasteiger partial charge in [-0.3, -0.25) is 4.79 Å². The predicted molar refractivity (Wildman–Crippen MR) is 116 cm³/mol. The van der Waals surface area contributed by atoms with Gasteiger partial charge in [0.15, 0.2) is 0 Å². The van der Waals surface area contributed by atoms with Crippen LogP contribution in [0.4, 0.5) is 4.79 Å². The number of nitrogens with one attached hydrogen (secondary N) is 3. The van der Waals surface area contributed by atoms with Crippen LogP contribution in [0.1, 0.15) is 32.0 Å². The molecule has 3 N–H and O–H groups in total. The van der Waals surface area contributed by atoms with Gasteiger partial charge in [-0.25, -0.2) is 14.6 Å². The van der Waals surface area contributed by atoms with Gasteiger partial charge in [-0.15, -0.1) is 0 Å². The number of ether oxygens (including phenoxy) is 3. The Bertz CT molecular complexity index is 890. The predicted octanol–water partition coefficient (Wildman–Crippen LogP) is 1.75. The molecule has 10 nitrogen and oxygen atoms in total. The van der Waals surface area contributed by atoms with Crippen molar-refractivity contribution in [1.29, 1.82) is 0 Å². The molecule has 0 saturated heterocycles. The molecule has 2 atom stereocenters. The average Bonchev–Trinajstić information content (AvgIpc) is 3.24. The van der Waals surface area contributed by atoms with Crippen LogP contribution in [0.25, 0.3) is 0 Å². The highest BCUT2D eigenvalue weighted by Gasteiger charge is 2.29. The fourth-order valence-electron chi connectivity index (χ4n) is 2.88. The van der Waals surface area contributed by atoms with Gasteiger partial charge in [-0.2, -0.15) is 0 Å². The average molecular weight is 447 g/mol. The Morgan fingerprint density at radius 2 is 1.72 bits per heavy atom. The summed E-state index contributed by atoms with van der Waals surface area (Å²) in [5.41, 5.74) is 0.694. The van der Waals surface area contributed by atoms with E-state index in [2.05, 4.69) is 20.6 Å². The number of H-pyrrole nitrogens is 1. The summed E-state index contributed by atoms with van der Waals surface area (Å²) in [5.74, 6) is -0.491. The summed E-state index contributed by atoms with van der Waals surface area (Å²) in [6.07, 6.45) is 2.60. The third-order valence-electron chi connectivity index (χ3n) is 4.39. The van der Waals surface area contributed by atoms with Crippen molar-refractivity contribution < 1.29 is 28.6 Å². The number of hydrogen-bond donors (Lipinski definition) is 3. The molecule has 1 aromatic carbocycles.